The molecule has 0 aromatic heterocycles. The normalized spacial score (nSPS) is 17.8. The Hall–Kier alpha value is -3.09. The van der Waals surface area contributed by atoms with E-state index in [-0.39, 0.29) is 35.1 Å². The van der Waals surface area contributed by atoms with Crippen molar-refractivity contribution in [1.82, 2.24) is 5.32 Å². The fraction of sp³-hybridized carbons (Fsp3) is 0.370. The minimum atomic E-state index is -2.83. The Morgan fingerprint density at radius 3 is 2.44 bits per heavy atom. The molecule has 3 rings (SSSR count). The van der Waals surface area contributed by atoms with Crippen LogP contribution in [0, 0.1) is 11.6 Å². The first-order chi connectivity index (χ1) is 16.1. The lowest BCUT2D eigenvalue weighted by molar-refractivity contribution is -0.119. The molecule has 0 bridgehead atoms. The van der Waals surface area contributed by atoms with Gasteiger partial charge in [0.05, 0.1) is 7.11 Å². The number of carbonyl (C=O) groups is 1. The zero-order chi connectivity index (χ0) is 24.9. The lowest BCUT2D eigenvalue weighted by Crippen LogP contribution is -2.42. The number of aryl methyl sites for hydroxylation is 1. The zero-order valence-electron chi connectivity index (χ0n) is 19.4. The molecule has 2 aromatic carbocycles. The Kier molecular flexibility index (Phi) is 8.18. The number of methoxy groups -OCH3 is 1. The lowest BCUT2D eigenvalue weighted by atomic mass is 9.89. The first-order valence-electron chi connectivity index (χ1n) is 11.3. The number of hydrogen-bond acceptors (Lipinski definition) is 2. The van der Waals surface area contributed by atoms with Gasteiger partial charge >= 0.3 is 0 Å². The Morgan fingerprint density at radius 1 is 1.15 bits per heavy atom. The molecule has 182 valence electrons. The highest BCUT2D eigenvalue weighted by atomic mass is 19.3. The fourth-order valence-corrected chi connectivity index (χ4v) is 4.36. The molecule has 1 unspecified atom stereocenters. The van der Waals surface area contributed by atoms with Crippen LogP contribution in [0.15, 0.2) is 54.6 Å². The molecular formula is C27H29F4NO2. The molecule has 0 aliphatic heterocycles. The van der Waals surface area contributed by atoms with Gasteiger partial charge in [-0.1, -0.05) is 24.8 Å². The number of hydrogen-bond donors (Lipinski definition) is 1. The minimum absolute atomic E-state index is 0.0179. The maximum Gasteiger partial charge on any atom is 0.251 e. The number of ether oxygens (including phenoxy) is 1. The second-order valence-electron chi connectivity index (χ2n) is 8.53. The Morgan fingerprint density at radius 2 is 1.82 bits per heavy atom. The highest BCUT2D eigenvalue weighted by Crippen LogP contribution is 2.34. The summed E-state index contributed by atoms with van der Waals surface area (Å²) < 4.78 is 62.4. The van der Waals surface area contributed by atoms with Crippen molar-refractivity contribution < 1.29 is 27.1 Å². The SMILES string of the molecule is C=C(/C(=C\C)C(=O)NC1CCCC(F)(F)C1)c1c(F)ccc(F)c1CCc1ccc(OC)cc1. The van der Waals surface area contributed by atoms with Crippen LogP contribution in [0.4, 0.5) is 17.6 Å². The maximum absolute atomic E-state index is 14.9. The summed E-state index contributed by atoms with van der Waals surface area (Å²) in [4.78, 5) is 12.9. The summed E-state index contributed by atoms with van der Waals surface area (Å²) in [5.74, 6) is -4.07. The molecule has 0 radical (unpaired) electrons. The third-order valence-electron chi connectivity index (χ3n) is 6.16. The first kappa shape index (κ1) is 25.5. The van der Waals surface area contributed by atoms with Crippen molar-refractivity contribution in [3.8, 4) is 5.75 Å². The van der Waals surface area contributed by atoms with Gasteiger partial charge in [0, 0.05) is 30.0 Å². The van der Waals surface area contributed by atoms with Gasteiger partial charge < -0.3 is 10.1 Å². The van der Waals surface area contributed by atoms with Gasteiger partial charge in [-0.05, 0) is 73.6 Å². The summed E-state index contributed by atoms with van der Waals surface area (Å²) in [6.45, 7) is 5.45. The van der Waals surface area contributed by atoms with E-state index in [0.717, 1.165) is 17.7 Å². The molecule has 3 nitrogen and oxygen atoms in total. The molecule has 0 saturated heterocycles. The van der Waals surface area contributed by atoms with E-state index in [9.17, 15) is 22.4 Å². The highest BCUT2D eigenvalue weighted by Gasteiger charge is 2.37. The molecule has 1 amide bonds. The lowest BCUT2D eigenvalue weighted by Gasteiger charge is -2.30. The van der Waals surface area contributed by atoms with Crippen molar-refractivity contribution in [3.05, 3.63) is 83.0 Å². The number of alkyl halides is 2. The zero-order valence-corrected chi connectivity index (χ0v) is 19.4. The summed E-state index contributed by atoms with van der Waals surface area (Å²) in [6.07, 6.45) is 2.15. The van der Waals surface area contributed by atoms with E-state index in [2.05, 4.69) is 11.9 Å². The number of rotatable bonds is 8. The molecule has 7 heteroatoms. The van der Waals surface area contributed by atoms with E-state index in [1.54, 1.807) is 26.2 Å². The van der Waals surface area contributed by atoms with Crippen molar-refractivity contribution in [2.75, 3.05) is 7.11 Å². The van der Waals surface area contributed by atoms with E-state index in [1.807, 2.05) is 12.1 Å². The maximum atomic E-state index is 14.9. The molecule has 0 heterocycles. The van der Waals surface area contributed by atoms with Crippen LogP contribution in [0.5, 0.6) is 5.75 Å². The van der Waals surface area contributed by atoms with Crippen molar-refractivity contribution in [2.24, 2.45) is 0 Å². The third kappa shape index (κ3) is 6.07. The molecule has 1 aliphatic carbocycles. The quantitative estimate of drug-likeness (QED) is 0.272. The minimum Gasteiger partial charge on any atom is -0.497 e. The summed E-state index contributed by atoms with van der Waals surface area (Å²) >= 11 is 0. The first-order valence-corrected chi connectivity index (χ1v) is 11.3. The van der Waals surface area contributed by atoms with Gasteiger partial charge in [0.15, 0.2) is 0 Å². The van der Waals surface area contributed by atoms with Gasteiger partial charge in [0.1, 0.15) is 17.4 Å². The van der Waals surface area contributed by atoms with E-state index < -0.39 is 35.9 Å². The molecule has 1 fully saturated rings. The van der Waals surface area contributed by atoms with Crippen LogP contribution in [0.25, 0.3) is 5.57 Å². The van der Waals surface area contributed by atoms with Crippen molar-refractivity contribution >= 4 is 11.5 Å². The largest absolute Gasteiger partial charge is 0.497 e. The van der Waals surface area contributed by atoms with E-state index in [0.29, 0.717) is 25.0 Å². The number of benzene rings is 2. The standard InChI is InChI=1S/C27H29F4NO2/c1-4-21(26(33)32-19-6-5-15-27(30,31)16-19)17(2)25-22(23(28)13-14-24(25)29)12-9-18-7-10-20(34-3)11-8-18/h4,7-8,10-11,13-14,19H,2,5-6,9,12,15-16H2,1,3H3,(H,32,33)/b21-4+. The van der Waals surface area contributed by atoms with E-state index >= 15 is 0 Å². The molecule has 1 aliphatic rings. The van der Waals surface area contributed by atoms with Crippen LogP contribution in [0.1, 0.15) is 49.3 Å². The summed E-state index contributed by atoms with van der Waals surface area (Å²) in [6, 6.07) is 8.62. The van der Waals surface area contributed by atoms with Crippen molar-refractivity contribution in [2.45, 2.75) is 57.4 Å². The molecule has 34 heavy (non-hydrogen) atoms. The molecule has 0 spiro atoms. The van der Waals surface area contributed by atoms with Gasteiger partial charge in [0.25, 0.3) is 5.91 Å². The number of halogens is 4. The van der Waals surface area contributed by atoms with Crippen molar-refractivity contribution in [1.29, 1.82) is 0 Å². The smallest absolute Gasteiger partial charge is 0.251 e. The third-order valence-corrected chi connectivity index (χ3v) is 6.16. The van der Waals surface area contributed by atoms with Crippen LogP contribution in [0.2, 0.25) is 0 Å². The van der Waals surface area contributed by atoms with Crippen LogP contribution in [-0.2, 0) is 17.6 Å². The molecule has 2 aromatic rings. The van der Waals surface area contributed by atoms with Crippen molar-refractivity contribution in [3.63, 3.8) is 0 Å². The summed E-state index contributed by atoms with van der Waals surface area (Å²) in [5, 5.41) is 2.62. The van der Waals surface area contributed by atoms with Crippen LogP contribution in [0.3, 0.4) is 0 Å². The Bertz CT molecular complexity index is 1080. The van der Waals surface area contributed by atoms with E-state index in [1.165, 1.54) is 6.08 Å². The predicted molar refractivity (Wildman–Crippen MR) is 125 cm³/mol. The number of carbonyl (C=O) groups excluding carboxylic acids is 1. The highest BCUT2D eigenvalue weighted by molar-refractivity contribution is 6.09. The van der Waals surface area contributed by atoms with Crippen LogP contribution < -0.4 is 10.1 Å². The van der Waals surface area contributed by atoms with Gasteiger partial charge in [-0.2, -0.15) is 0 Å². The fourth-order valence-electron chi connectivity index (χ4n) is 4.36. The molecule has 1 saturated carbocycles. The average molecular weight is 476 g/mol. The average Bonchev–Trinajstić information content (AvgIpc) is 2.79. The molecule has 1 atom stereocenters. The topological polar surface area (TPSA) is 38.3 Å². The summed E-state index contributed by atoms with van der Waals surface area (Å²) in [5.41, 5.74) is 0.986. The second kappa shape index (κ2) is 10.9. The van der Waals surface area contributed by atoms with Crippen LogP contribution in [-0.4, -0.2) is 25.0 Å². The number of nitrogens with one attached hydrogen (secondary N) is 1. The summed E-state index contributed by atoms with van der Waals surface area (Å²) in [7, 11) is 1.56. The van der Waals surface area contributed by atoms with Gasteiger partial charge in [-0.3, -0.25) is 4.79 Å². The monoisotopic (exact) mass is 475 g/mol. The number of amides is 1. The predicted octanol–water partition coefficient (Wildman–Crippen LogP) is 6.41. The van der Waals surface area contributed by atoms with Gasteiger partial charge in [0.2, 0.25) is 5.92 Å². The Labute approximate surface area is 197 Å². The number of allylic oxidation sites excluding steroid dienone is 1. The molecular weight excluding hydrogens is 446 g/mol. The van der Waals surface area contributed by atoms with Crippen LogP contribution >= 0.6 is 0 Å². The Balaban J connectivity index is 1.81. The van der Waals surface area contributed by atoms with E-state index in [4.69, 9.17) is 4.74 Å². The molecule has 1 N–H and O–H groups in total. The second-order valence-corrected chi connectivity index (χ2v) is 8.53. The van der Waals surface area contributed by atoms with Gasteiger partial charge in [-0.25, -0.2) is 17.6 Å². The van der Waals surface area contributed by atoms with Gasteiger partial charge in [-0.15, -0.1) is 0 Å².